The molecule has 0 aliphatic rings. The highest BCUT2D eigenvalue weighted by Crippen LogP contribution is 2.28. The largest absolute Gasteiger partial charge is 0.472 e. The second kappa shape index (κ2) is 7.70. The van der Waals surface area contributed by atoms with Gasteiger partial charge in [0.1, 0.15) is 16.7 Å². The molecule has 0 saturated carbocycles. The summed E-state index contributed by atoms with van der Waals surface area (Å²) >= 11 is 3.35. The van der Waals surface area contributed by atoms with E-state index in [0.717, 1.165) is 5.56 Å². The monoisotopic (exact) mass is 396 g/mol. The highest BCUT2D eigenvalue weighted by molar-refractivity contribution is 9.10. The van der Waals surface area contributed by atoms with Crippen molar-refractivity contribution in [2.45, 2.75) is 39.3 Å². The fourth-order valence-electron chi connectivity index (χ4n) is 1.95. The van der Waals surface area contributed by atoms with Gasteiger partial charge in [0.2, 0.25) is 0 Å². The van der Waals surface area contributed by atoms with Crippen LogP contribution in [0.1, 0.15) is 38.1 Å². The number of nitrogens with one attached hydrogen (secondary N) is 1. The Hall–Kier alpha value is -2.02. The lowest BCUT2D eigenvalue weighted by Gasteiger charge is -2.23. The van der Waals surface area contributed by atoms with Crippen molar-refractivity contribution in [2.24, 2.45) is 0 Å². The molecule has 130 valence electrons. The molecule has 6 nitrogen and oxygen atoms in total. The van der Waals surface area contributed by atoms with Gasteiger partial charge in [-0.15, -0.1) is 0 Å². The normalized spacial score (nSPS) is 12.5. The average Bonchev–Trinajstić information content (AvgIpc) is 2.82. The van der Waals surface area contributed by atoms with E-state index in [1.165, 1.54) is 0 Å². The van der Waals surface area contributed by atoms with Crippen LogP contribution in [-0.4, -0.2) is 23.5 Å². The lowest BCUT2D eigenvalue weighted by molar-refractivity contribution is 0.0485. The maximum absolute atomic E-state index is 12.1. The van der Waals surface area contributed by atoms with Crippen LogP contribution in [0.4, 0.5) is 4.79 Å². The van der Waals surface area contributed by atoms with Crippen molar-refractivity contribution in [3.63, 3.8) is 0 Å². The van der Waals surface area contributed by atoms with E-state index in [0.29, 0.717) is 16.1 Å². The number of aryl methyl sites for hydroxylation is 1. The third-order valence-corrected chi connectivity index (χ3v) is 3.94. The van der Waals surface area contributed by atoms with E-state index in [1.54, 1.807) is 6.92 Å². The maximum atomic E-state index is 12.1. The van der Waals surface area contributed by atoms with Gasteiger partial charge in [-0.3, -0.25) is 0 Å². The highest BCUT2D eigenvalue weighted by atomic mass is 79.9. The molecule has 0 saturated heterocycles. The van der Waals surface area contributed by atoms with Crippen molar-refractivity contribution in [3.05, 3.63) is 46.1 Å². The number of halogens is 1. The predicted molar refractivity (Wildman–Crippen MR) is 93.0 cm³/mol. The molecule has 0 bridgehead atoms. The van der Waals surface area contributed by atoms with Crippen molar-refractivity contribution >= 4 is 22.0 Å². The Morgan fingerprint density at radius 2 is 2.00 bits per heavy atom. The number of carbonyl (C=O) groups is 1. The fraction of sp³-hybridized carbons (Fsp3) is 0.412. The third-order valence-electron chi connectivity index (χ3n) is 3.04. The molecule has 0 aliphatic carbocycles. The zero-order valence-corrected chi connectivity index (χ0v) is 15.7. The molecule has 0 spiro atoms. The van der Waals surface area contributed by atoms with Gasteiger partial charge in [0.25, 0.3) is 5.88 Å². The number of alkyl carbamates (subject to hydrolysis) is 1. The quantitative estimate of drug-likeness (QED) is 0.810. The van der Waals surface area contributed by atoms with E-state index in [4.69, 9.17) is 14.0 Å². The average molecular weight is 397 g/mol. The van der Waals surface area contributed by atoms with Crippen LogP contribution in [0.15, 0.2) is 39.3 Å². The number of nitrogens with zero attached hydrogens (tertiary/aromatic N) is 1. The van der Waals surface area contributed by atoms with E-state index in [-0.39, 0.29) is 12.6 Å². The predicted octanol–water partition coefficient (Wildman–Crippen LogP) is 4.39. The smallest absolute Gasteiger partial charge is 0.408 e. The van der Waals surface area contributed by atoms with Crippen LogP contribution in [0.2, 0.25) is 0 Å². The number of benzene rings is 1. The van der Waals surface area contributed by atoms with E-state index >= 15 is 0 Å². The van der Waals surface area contributed by atoms with Crippen LogP contribution in [0.5, 0.6) is 5.88 Å². The first kappa shape index (κ1) is 18.3. The van der Waals surface area contributed by atoms with Gasteiger partial charge in [0.15, 0.2) is 5.76 Å². The van der Waals surface area contributed by atoms with E-state index < -0.39 is 11.7 Å². The molecule has 1 N–H and O–H groups in total. The molecule has 24 heavy (non-hydrogen) atoms. The maximum Gasteiger partial charge on any atom is 0.408 e. The minimum Gasteiger partial charge on any atom is -0.472 e. The number of hydrogen-bond acceptors (Lipinski definition) is 5. The van der Waals surface area contributed by atoms with Gasteiger partial charge >= 0.3 is 6.09 Å². The highest BCUT2D eigenvalue weighted by Gasteiger charge is 2.22. The van der Waals surface area contributed by atoms with Gasteiger partial charge in [0.05, 0.1) is 6.04 Å². The molecule has 1 aromatic heterocycles. The number of rotatable bonds is 5. The van der Waals surface area contributed by atoms with Gasteiger partial charge in [-0.25, -0.2) is 4.79 Å². The number of aromatic nitrogens is 1. The van der Waals surface area contributed by atoms with E-state index in [2.05, 4.69) is 26.4 Å². The summed E-state index contributed by atoms with van der Waals surface area (Å²) in [4.78, 5) is 12.1. The summed E-state index contributed by atoms with van der Waals surface area (Å²) in [6.07, 6.45) is -0.504. The molecule has 2 aromatic rings. The Balaban J connectivity index is 2.09. The Morgan fingerprint density at radius 3 is 2.54 bits per heavy atom. The van der Waals surface area contributed by atoms with Crippen LogP contribution < -0.4 is 10.1 Å². The summed E-state index contributed by atoms with van der Waals surface area (Å²) in [6.45, 7) is 7.41. The van der Waals surface area contributed by atoms with Gasteiger partial charge < -0.3 is 19.3 Å². The molecule has 0 unspecified atom stereocenters. The topological polar surface area (TPSA) is 73.6 Å². The van der Waals surface area contributed by atoms with Crippen LogP contribution in [0.25, 0.3) is 0 Å². The molecule has 2 rings (SSSR count). The first-order valence-electron chi connectivity index (χ1n) is 7.55. The van der Waals surface area contributed by atoms with Crippen molar-refractivity contribution < 1.29 is 18.8 Å². The second-order valence-corrected chi connectivity index (χ2v) is 7.07. The molecule has 0 fully saturated rings. The Bertz CT molecular complexity index is 680. The van der Waals surface area contributed by atoms with Gasteiger partial charge in [-0.2, -0.15) is 0 Å². The van der Waals surface area contributed by atoms with Crippen molar-refractivity contribution in [1.82, 2.24) is 10.5 Å². The molecule has 1 heterocycles. The molecule has 1 aromatic carbocycles. The summed E-state index contributed by atoms with van der Waals surface area (Å²) < 4.78 is 16.7. The SMILES string of the molecule is Cc1onc(OC[C@@H](NC(=O)OC(C)(C)C)c2ccccc2)c1Br. The van der Waals surface area contributed by atoms with Gasteiger partial charge in [0, 0.05) is 0 Å². The third kappa shape index (κ3) is 5.26. The molecular weight excluding hydrogens is 376 g/mol. The summed E-state index contributed by atoms with van der Waals surface area (Å²) in [5.74, 6) is 0.973. The lowest BCUT2D eigenvalue weighted by atomic mass is 10.1. The van der Waals surface area contributed by atoms with Crippen molar-refractivity contribution in [3.8, 4) is 5.88 Å². The second-order valence-electron chi connectivity index (χ2n) is 6.28. The van der Waals surface area contributed by atoms with E-state index in [9.17, 15) is 4.79 Å². The zero-order chi connectivity index (χ0) is 17.7. The summed E-state index contributed by atoms with van der Waals surface area (Å²) in [5, 5.41) is 6.66. The first-order chi connectivity index (χ1) is 11.3. The number of carbonyl (C=O) groups excluding carboxylic acids is 1. The molecule has 1 amide bonds. The first-order valence-corrected chi connectivity index (χ1v) is 8.34. The van der Waals surface area contributed by atoms with Crippen molar-refractivity contribution in [2.75, 3.05) is 6.61 Å². The summed E-state index contributed by atoms with van der Waals surface area (Å²) in [7, 11) is 0. The molecule has 1 atom stereocenters. The number of amides is 1. The van der Waals surface area contributed by atoms with Crippen LogP contribution in [-0.2, 0) is 4.74 Å². The molecule has 0 aliphatic heterocycles. The fourth-order valence-corrected chi connectivity index (χ4v) is 2.21. The van der Waals surface area contributed by atoms with Gasteiger partial charge in [-0.05, 0) is 54.3 Å². The summed E-state index contributed by atoms with van der Waals surface area (Å²) in [6, 6.07) is 9.14. The van der Waals surface area contributed by atoms with Gasteiger partial charge in [-0.1, -0.05) is 30.3 Å². The van der Waals surface area contributed by atoms with Crippen LogP contribution in [0.3, 0.4) is 0 Å². The molecule has 7 heteroatoms. The Morgan fingerprint density at radius 1 is 1.33 bits per heavy atom. The minimum atomic E-state index is -0.571. The van der Waals surface area contributed by atoms with Crippen LogP contribution >= 0.6 is 15.9 Å². The number of ether oxygens (including phenoxy) is 2. The van der Waals surface area contributed by atoms with E-state index in [1.807, 2.05) is 51.1 Å². The Kier molecular flexibility index (Phi) is 5.88. The van der Waals surface area contributed by atoms with Crippen LogP contribution in [0, 0.1) is 6.92 Å². The lowest BCUT2D eigenvalue weighted by Crippen LogP contribution is -2.37. The number of hydrogen-bond donors (Lipinski definition) is 1. The Labute approximate surface area is 149 Å². The minimum absolute atomic E-state index is 0.188. The molecule has 0 radical (unpaired) electrons. The summed E-state index contributed by atoms with van der Waals surface area (Å²) in [5.41, 5.74) is 0.331. The zero-order valence-electron chi connectivity index (χ0n) is 14.1. The van der Waals surface area contributed by atoms with Crippen molar-refractivity contribution in [1.29, 1.82) is 0 Å². The molecular formula is C17H21BrN2O4. The standard InChI is InChI=1S/C17H21BrN2O4/c1-11-14(18)15(20-24-11)22-10-13(12-8-6-5-7-9-12)19-16(21)23-17(2,3)4/h5-9,13H,10H2,1-4H3,(H,19,21)/t13-/m1/s1.